The van der Waals surface area contributed by atoms with E-state index in [2.05, 4.69) is 24.1 Å². The molecule has 0 aliphatic heterocycles. The zero-order valence-electron chi connectivity index (χ0n) is 11.8. The Labute approximate surface area is 113 Å². The van der Waals surface area contributed by atoms with Gasteiger partial charge in [0.15, 0.2) is 0 Å². The number of hydrogen-bond acceptors (Lipinski definition) is 3. The van der Waals surface area contributed by atoms with Crippen molar-refractivity contribution >= 4 is 11.7 Å². The molecular formula is C14H21FN2O2. The van der Waals surface area contributed by atoms with Crippen LogP contribution in [0, 0.1) is 11.2 Å². The first-order chi connectivity index (χ1) is 8.71. The molecule has 0 saturated heterocycles. The van der Waals surface area contributed by atoms with Crippen molar-refractivity contribution in [2.75, 3.05) is 32.5 Å². The molecule has 1 aromatic carbocycles. The van der Waals surface area contributed by atoms with E-state index in [4.69, 9.17) is 5.11 Å². The first kappa shape index (κ1) is 15.4. The quantitative estimate of drug-likeness (QED) is 0.832. The van der Waals surface area contributed by atoms with Gasteiger partial charge in [-0.25, -0.2) is 9.18 Å². The molecular weight excluding hydrogens is 247 g/mol. The third kappa shape index (κ3) is 4.87. The predicted octanol–water partition coefficient (Wildman–Crippen LogP) is 2.52. The molecule has 2 N–H and O–H groups in total. The number of anilines is 1. The normalized spacial score (nSPS) is 11.7. The van der Waals surface area contributed by atoms with Gasteiger partial charge in [-0.15, -0.1) is 0 Å². The van der Waals surface area contributed by atoms with E-state index < -0.39 is 11.8 Å². The van der Waals surface area contributed by atoms with Crippen molar-refractivity contribution in [3.8, 4) is 0 Å². The molecule has 0 spiro atoms. The first-order valence-corrected chi connectivity index (χ1v) is 6.13. The second kappa shape index (κ2) is 6.02. The van der Waals surface area contributed by atoms with E-state index in [0.29, 0.717) is 12.2 Å². The molecule has 4 nitrogen and oxygen atoms in total. The van der Waals surface area contributed by atoms with Crippen molar-refractivity contribution < 1.29 is 14.3 Å². The SMILES string of the molecule is CN(C)CC(C)(C)CNc1ccc(C(=O)O)c(F)c1. The summed E-state index contributed by atoms with van der Waals surface area (Å²) in [4.78, 5) is 12.8. The van der Waals surface area contributed by atoms with Gasteiger partial charge in [0, 0.05) is 18.8 Å². The number of halogens is 1. The van der Waals surface area contributed by atoms with Crippen LogP contribution in [0.5, 0.6) is 0 Å². The number of rotatable bonds is 6. The molecule has 0 aliphatic carbocycles. The van der Waals surface area contributed by atoms with Gasteiger partial charge in [-0.05, 0) is 37.7 Å². The Bertz CT molecular complexity index is 459. The molecule has 0 aromatic heterocycles. The average Bonchev–Trinajstić information content (AvgIpc) is 2.24. The molecule has 0 heterocycles. The molecule has 0 aliphatic rings. The minimum absolute atomic E-state index is 0.0332. The topological polar surface area (TPSA) is 52.6 Å². The second-order valence-corrected chi connectivity index (χ2v) is 5.76. The molecule has 0 unspecified atom stereocenters. The van der Waals surface area contributed by atoms with E-state index in [1.807, 2.05) is 14.1 Å². The number of carbonyl (C=O) groups is 1. The Balaban J connectivity index is 2.69. The number of hydrogen-bond donors (Lipinski definition) is 2. The highest BCUT2D eigenvalue weighted by atomic mass is 19.1. The van der Waals surface area contributed by atoms with E-state index in [0.717, 1.165) is 6.54 Å². The molecule has 0 saturated carbocycles. The summed E-state index contributed by atoms with van der Waals surface area (Å²) in [6.07, 6.45) is 0. The molecule has 0 bridgehead atoms. The van der Waals surface area contributed by atoms with Crippen molar-refractivity contribution in [3.05, 3.63) is 29.6 Å². The number of nitrogens with zero attached hydrogens (tertiary/aromatic N) is 1. The maximum atomic E-state index is 13.5. The molecule has 1 rings (SSSR count). The Kier molecular flexibility index (Phi) is 4.89. The first-order valence-electron chi connectivity index (χ1n) is 6.13. The largest absolute Gasteiger partial charge is 0.478 e. The highest BCUT2D eigenvalue weighted by Crippen LogP contribution is 2.19. The van der Waals surface area contributed by atoms with Gasteiger partial charge in [-0.1, -0.05) is 13.8 Å². The fourth-order valence-corrected chi connectivity index (χ4v) is 2.05. The molecule has 0 fully saturated rings. The summed E-state index contributed by atoms with van der Waals surface area (Å²) in [5.41, 5.74) is 0.318. The lowest BCUT2D eigenvalue weighted by Gasteiger charge is -2.28. The summed E-state index contributed by atoms with van der Waals surface area (Å²) in [7, 11) is 4.01. The van der Waals surface area contributed by atoms with Gasteiger partial charge in [0.1, 0.15) is 5.82 Å². The van der Waals surface area contributed by atoms with Crippen LogP contribution in [0.25, 0.3) is 0 Å². The van der Waals surface area contributed by atoms with E-state index in [1.165, 1.54) is 12.1 Å². The van der Waals surface area contributed by atoms with Crippen LogP contribution < -0.4 is 5.32 Å². The summed E-state index contributed by atoms with van der Waals surface area (Å²) in [6, 6.07) is 4.08. The lowest BCUT2D eigenvalue weighted by molar-refractivity contribution is 0.0692. The summed E-state index contributed by atoms with van der Waals surface area (Å²) in [6.45, 7) is 5.80. The molecule has 1 aromatic rings. The summed E-state index contributed by atoms with van der Waals surface area (Å²) < 4.78 is 13.5. The van der Waals surface area contributed by atoms with Crippen molar-refractivity contribution in [3.63, 3.8) is 0 Å². The van der Waals surface area contributed by atoms with Crippen LogP contribution in [0.1, 0.15) is 24.2 Å². The number of carboxylic acids is 1. The predicted molar refractivity (Wildman–Crippen MR) is 74.2 cm³/mol. The zero-order valence-corrected chi connectivity index (χ0v) is 11.8. The van der Waals surface area contributed by atoms with E-state index >= 15 is 0 Å². The van der Waals surface area contributed by atoms with Crippen LogP contribution >= 0.6 is 0 Å². The minimum Gasteiger partial charge on any atom is -0.478 e. The molecule has 106 valence electrons. The smallest absolute Gasteiger partial charge is 0.338 e. The molecule has 0 radical (unpaired) electrons. The third-order valence-electron chi connectivity index (χ3n) is 2.71. The zero-order chi connectivity index (χ0) is 14.6. The molecule has 0 amide bonds. The van der Waals surface area contributed by atoms with Crippen LogP contribution in [0.4, 0.5) is 10.1 Å². The summed E-state index contributed by atoms with van der Waals surface area (Å²) in [5.74, 6) is -1.97. The Morgan fingerprint density at radius 1 is 1.42 bits per heavy atom. The molecule has 5 heteroatoms. The van der Waals surface area contributed by atoms with Gasteiger partial charge < -0.3 is 15.3 Å². The molecule has 0 atom stereocenters. The van der Waals surface area contributed by atoms with Gasteiger partial charge >= 0.3 is 5.97 Å². The van der Waals surface area contributed by atoms with Gasteiger partial charge in [0.05, 0.1) is 5.56 Å². The number of carboxylic acid groups (broad SMARTS) is 1. The summed E-state index contributed by atoms with van der Waals surface area (Å²) >= 11 is 0. The van der Waals surface area contributed by atoms with Crippen molar-refractivity contribution in [2.24, 2.45) is 5.41 Å². The van der Waals surface area contributed by atoms with Gasteiger partial charge in [0.2, 0.25) is 0 Å². The fraction of sp³-hybridized carbons (Fsp3) is 0.500. The van der Waals surface area contributed by atoms with Crippen LogP contribution in [0.2, 0.25) is 0 Å². The Morgan fingerprint density at radius 2 is 2.05 bits per heavy atom. The van der Waals surface area contributed by atoms with Crippen LogP contribution in [-0.2, 0) is 0 Å². The van der Waals surface area contributed by atoms with E-state index in [1.54, 1.807) is 6.07 Å². The summed E-state index contributed by atoms with van der Waals surface area (Å²) in [5, 5.41) is 11.9. The van der Waals surface area contributed by atoms with Crippen molar-refractivity contribution in [1.82, 2.24) is 4.90 Å². The van der Waals surface area contributed by atoms with Crippen LogP contribution in [0.3, 0.4) is 0 Å². The van der Waals surface area contributed by atoms with E-state index in [9.17, 15) is 9.18 Å². The lowest BCUT2D eigenvalue weighted by Crippen LogP contribution is -2.34. The highest BCUT2D eigenvalue weighted by molar-refractivity contribution is 5.88. The third-order valence-corrected chi connectivity index (χ3v) is 2.71. The minimum atomic E-state index is -1.25. The van der Waals surface area contributed by atoms with Crippen molar-refractivity contribution in [2.45, 2.75) is 13.8 Å². The van der Waals surface area contributed by atoms with Crippen LogP contribution in [-0.4, -0.2) is 43.2 Å². The lowest BCUT2D eigenvalue weighted by atomic mass is 9.93. The fourth-order valence-electron chi connectivity index (χ4n) is 2.05. The highest BCUT2D eigenvalue weighted by Gasteiger charge is 2.19. The maximum absolute atomic E-state index is 13.5. The average molecular weight is 268 g/mol. The van der Waals surface area contributed by atoms with Crippen LogP contribution in [0.15, 0.2) is 18.2 Å². The number of benzene rings is 1. The monoisotopic (exact) mass is 268 g/mol. The van der Waals surface area contributed by atoms with E-state index in [-0.39, 0.29) is 11.0 Å². The van der Waals surface area contributed by atoms with Gasteiger partial charge in [0.25, 0.3) is 0 Å². The van der Waals surface area contributed by atoms with Gasteiger partial charge in [-0.2, -0.15) is 0 Å². The Morgan fingerprint density at radius 3 is 2.53 bits per heavy atom. The number of nitrogens with one attached hydrogen (secondary N) is 1. The Hall–Kier alpha value is -1.62. The maximum Gasteiger partial charge on any atom is 0.338 e. The molecule has 19 heavy (non-hydrogen) atoms. The van der Waals surface area contributed by atoms with Gasteiger partial charge in [-0.3, -0.25) is 0 Å². The second-order valence-electron chi connectivity index (χ2n) is 5.76. The standard InChI is InChI=1S/C14H21FN2O2/c1-14(2,9-17(3)4)8-16-10-5-6-11(13(18)19)12(15)7-10/h5-7,16H,8-9H2,1-4H3,(H,18,19). The van der Waals surface area contributed by atoms with Crippen molar-refractivity contribution in [1.29, 1.82) is 0 Å². The number of aromatic carboxylic acids is 1.